The van der Waals surface area contributed by atoms with Crippen LogP contribution in [0.25, 0.3) is 0 Å². The molecule has 1 atom stereocenters. The zero-order valence-electron chi connectivity index (χ0n) is 5.94. The zero-order valence-corrected chi connectivity index (χ0v) is 5.94. The summed E-state index contributed by atoms with van der Waals surface area (Å²) in [4.78, 5) is 10.4. The van der Waals surface area contributed by atoms with Gasteiger partial charge in [0.25, 0.3) is 0 Å². The highest BCUT2D eigenvalue weighted by Gasteiger charge is 2.46. The van der Waals surface area contributed by atoms with Crippen LogP contribution in [0.2, 0.25) is 0 Å². The van der Waals surface area contributed by atoms with E-state index in [1.807, 2.05) is 0 Å². The molecule has 0 aliphatic carbocycles. The van der Waals surface area contributed by atoms with Crippen molar-refractivity contribution in [3.63, 3.8) is 0 Å². The van der Waals surface area contributed by atoms with Crippen molar-refractivity contribution >= 4 is 5.97 Å². The van der Waals surface area contributed by atoms with E-state index in [9.17, 15) is 9.90 Å². The summed E-state index contributed by atoms with van der Waals surface area (Å²) in [5, 5.41) is 23.6. The Morgan fingerprint density at radius 3 is 2.92 bits per heavy atom. The fourth-order valence-corrected chi connectivity index (χ4v) is 0.855. The number of epoxide rings is 1. The Labute approximate surface area is 66.8 Å². The van der Waals surface area contributed by atoms with Crippen LogP contribution in [0.5, 0.6) is 0 Å². The number of aromatic amines is 1. The van der Waals surface area contributed by atoms with Gasteiger partial charge in [-0.25, -0.2) is 4.79 Å². The smallest absolute Gasteiger partial charge is 0.356 e. The molecule has 0 spiro atoms. The second-order valence-corrected chi connectivity index (χ2v) is 2.55. The average Bonchev–Trinajstić information content (AvgIpc) is 2.61. The highest BCUT2D eigenvalue weighted by Crippen LogP contribution is 2.33. The van der Waals surface area contributed by atoms with Crippen molar-refractivity contribution in [1.82, 2.24) is 10.2 Å². The van der Waals surface area contributed by atoms with E-state index < -0.39 is 11.8 Å². The predicted molar refractivity (Wildman–Crippen MR) is 35.4 cm³/mol. The van der Waals surface area contributed by atoms with Gasteiger partial charge in [-0.05, 0) is 6.07 Å². The molecule has 2 heterocycles. The molecular weight excluding hydrogens is 164 g/mol. The Hall–Kier alpha value is -1.40. The van der Waals surface area contributed by atoms with Crippen molar-refractivity contribution in [3.8, 4) is 0 Å². The van der Waals surface area contributed by atoms with Gasteiger partial charge in [-0.3, -0.25) is 5.10 Å². The van der Waals surface area contributed by atoms with Crippen molar-refractivity contribution in [2.24, 2.45) is 0 Å². The van der Waals surface area contributed by atoms with Crippen molar-refractivity contribution in [2.45, 2.75) is 5.79 Å². The number of nitrogens with zero attached hydrogens (tertiary/aromatic N) is 1. The Bertz CT molecular complexity index is 328. The lowest BCUT2D eigenvalue weighted by atomic mass is 10.2. The molecule has 2 rings (SSSR count). The number of carboxylic acids is 1. The minimum absolute atomic E-state index is 0.131. The minimum Gasteiger partial charge on any atom is -0.476 e. The summed E-state index contributed by atoms with van der Waals surface area (Å²) in [6.07, 6.45) is 0. The van der Waals surface area contributed by atoms with Crippen molar-refractivity contribution < 1.29 is 19.7 Å². The fraction of sp³-hybridized carbons (Fsp3) is 0.333. The molecule has 1 aromatic rings. The maximum Gasteiger partial charge on any atom is 0.356 e. The Morgan fingerprint density at radius 1 is 1.83 bits per heavy atom. The number of hydrogen-bond donors (Lipinski definition) is 3. The monoisotopic (exact) mass is 170 g/mol. The molecular formula is C6H6N2O4. The highest BCUT2D eigenvalue weighted by molar-refractivity contribution is 5.85. The van der Waals surface area contributed by atoms with E-state index in [4.69, 9.17) is 5.11 Å². The molecule has 3 N–H and O–H groups in total. The molecule has 0 saturated carbocycles. The normalized spacial score (nSPS) is 27.1. The van der Waals surface area contributed by atoms with Gasteiger partial charge in [-0.15, -0.1) is 0 Å². The number of aromatic nitrogens is 2. The molecule has 0 radical (unpaired) electrons. The van der Waals surface area contributed by atoms with Gasteiger partial charge in [0.2, 0.25) is 5.79 Å². The molecule has 6 nitrogen and oxygen atoms in total. The van der Waals surface area contributed by atoms with Gasteiger partial charge < -0.3 is 14.9 Å². The summed E-state index contributed by atoms with van der Waals surface area (Å²) >= 11 is 0. The number of ether oxygens (including phenoxy) is 1. The standard InChI is InChI=1S/C6H6N2O4/c9-5(10)3-1-4(8-7-3)6(11)2-12-6/h1,11H,2H2,(H,7,8)(H,9,10). The number of aliphatic hydroxyl groups is 1. The molecule has 1 aliphatic heterocycles. The lowest BCUT2D eigenvalue weighted by Gasteiger charge is -1.96. The van der Waals surface area contributed by atoms with Crippen LogP contribution in [-0.2, 0) is 10.5 Å². The maximum absolute atomic E-state index is 10.4. The molecule has 0 amide bonds. The summed E-state index contributed by atoms with van der Waals surface area (Å²) < 4.78 is 4.67. The van der Waals surface area contributed by atoms with Gasteiger partial charge >= 0.3 is 5.97 Å². The fourth-order valence-electron chi connectivity index (χ4n) is 0.855. The first-order valence-corrected chi connectivity index (χ1v) is 3.27. The number of carboxylic acid groups (broad SMARTS) is 1. The molecule has 0 bridgehead atoms. The molecule has 64 valence electrons. The molecule has 1 aromatic heterocycles. The van der Waals surface area contributed by atoms with Crippen LogP contribution in [0.3, 0.4) is 0 Å². The number of carbonyl (C=O) groups is 1. The third kappa shape index (κ3) is 0.973. The summed E-state index contributed by atoms with van der Waals surface area (Å²) in [5.41, 5.74) is 0.147. The first-order valence-electron chi connectivity index (χ1n) is 3.27. The van der Waals surface area contributed by atoms with Crippen LogP contribution in [0, 0.1) is 0 Å². The molecule has 6 heteroatoms. The number of H-pyrrole nitrogens is 1. The minimum atomic E-state index is -1.33. The summed E-state index contributed by atoms with van der Waals surface area (Å²) in [6.45, 7) is 0.175. The van der Waals surface area contributed by atoms with Crippen molar-refractivity contribution in [2.75, 3.05) is 6.61 Å². The van der Waals surface area contributed by atoms with Gasteiger partial charge in [-0.2, -0.15) is 5.10 Å². The van der Waals surface area contributed by atoms with Gasteiger partial charge in [0.05, 0.1) is 5.69 Å². The van der Waals surface area contributed by atoms with Crippen LogP contribution < -0.4 is 0 Å². The van der Waals surface area contributed by atoms with Gasteiger partial charge in [-0.1, -0.05) is 0 Å². The lowest BCUT2D eigenvalue weighted by molar-refractivity contribution is 0.0294. The third-order valence-electron chi connectivity index (χ3n) is 1.64. The van der Waals surface area contributed by atoms with Crippen molar-refractivity contribution in [3.05, 3.63) is 17.5 Å². The van der Waals surface area contributed by atoms with E-state index in [0.29, 0.717) is 0 Å². The first kappa shape index (κ1) is 7.26. The number of nitrogens with one attached hydrogen (secondary N) is 1. The molecule has 1 saturated heterocycles. The first-order chi connectivity index (χ1) is 5.62. The summed E-state index contributed by atoms with van der Waals surface area (Å²) in [6, 6.07) is 1.25. The molecule has 1 fully saturated rings. The van der Waals surface area contributed by atoms with Crippen LogP contribution in [-0.4, -0.2) is 33.0 Å². The number of hydrogen-bond acceptors (Lipinski definition) is 4. The van der Waals surface area contributed by atoms with Gasteiger partial charge in [0.15, 0.2) is 5.69 Å². The Kier molecular flexibility index (Phi) is 1.24. The number of rotatable bonds is 2. The van der Waals surface area contributed by atoms with Gasteiger partial charge in [0, 0.05) is 0 Å². The third-order valence-corrected chi connectivity index (χ3v) is 1.64. The van der Waals surface area contributed by atoms with Crippen LogP contribution in [0.1, 0.15) is 16.2 Å². The average molecular weight is 170 g/mol. The van der Waals surface area contributed by atoms with E-state index in [-0.39, 0.29) is 18.0 Å². The SMILES string of the molecule is O=C(O)c1cc(C2(O)CO2)[nH]n1. The van der Waals surface area contributed by atoms with E-state index in [0.717, 1.165) is 0 Å². The second-order valence-electron chi connectivity index (χ2n) is 2.55. The van der Waals surface area contributed by atoms with Gasteiger partial charge in [0.1, 0.15) is 6.61 Å². The van der Waals surface area contributed by atoms with E-state index >= 15 is 0 Å². The van der Waals surface area contributed by atoms with E-state index in [2.05, 4.69) is 14.9 Å². The zero-order chi connectivity index (χ0) is 8.77. The summed E-state index contributed by atoms with van der Waals surface area (Å²) in [5.74, 6) is -2.47. The van der Waals surface area contributed by atoms with E-state index in [1.54, 1.807) is 0 Å². The molecule has 12 heavy (non-hydrogen) atoms. The molecule has 1 unspecified atom stereocenters. The van der Waals surface area contributed by atoms with Crippen LogP contribution in [0.4, 0.5) is 0 Å². The molecule has 1 aliphatic rings. The van der Waals surface area contributed by atoms with E-state index in [1.165, 1.54) is 6.07 Å². The predicted octanol–water partition coefficient (Wildman–Crippen LogP) is -0.717. The lowest BCUT2D eigenvalue weighted by Crippen LogP contribution is -2.06. The quantitative estimate of drug-likeness (QED) is 0.509. The van der Waals surface area contributed by atoms with Crippen LogP contribution >= 0.6 is 0 Å². The topological polar surface area (TPSA) is 98.7 Å². The van der Waals surface area contributed by atoms with Crippen molar-refractivity contribution in [1.29, 1.82) is 0 Å². The Morgan fingerprint density at radius 2 is 2.50 bits per heavy atom. The summed E-state index contributed by atoms with van der Waals surface area (Å²) in [7, 11) is 0. The molecule has 0 aromatic carbocycles. The van der Waals surface area contributed by atoms with Crippen LogP contribution in [0.15, 0.2) is 6.07 Å². The Balaban J connectivity index is 2.30. The second kappa shape index (κ2) is 2.05. The largest absolute Gasteiger partial charge is 0.476 e. The number of aromatic carboxylic acids is 1. The maximum atomic E-state index is 10.4. The highest BCUT2D eigenvalue weighted by atomic mass is 16.7.